The predicted octanol–water partition coefficient (Wildman–Crippen LogP) is 6.45. The second-order valence-electron chi connectivity index (χ2n) is 8.30. The molecule has 7 heteroatoms. The number of carbonyl (C=O) groups excluding carboxylic acids is 1. The van der Waals surface area contributed by atoms with Gasteiger partial charge in [0.25, 0.3) is 5.56 Å². The third-order valence-corrected chi connectivity index (χ3v) is 5.98. The molecule has 0 fully saturated rings. The van der Waals surface area contributed by atoms with E-state index >= 15 is 0 Å². The molecule has 0 atom stereocenters. The monoisotopic (exact) mass is 472 g/mol. The number of nitrogens with zero attached hydrogens (tertiary/aromatic N) is 2. The number of pyridine rings is 1. The van der Waals surface area contributed by atoms with E-state index in [1.165, 1.54) is 69.2 Å². The second-order valence-corrected chi connectivity index (χ2v) is 8.70. The van der Waals surface area contributed by atoms with E-state index in [9.17, 15) is 20.0 Å². The van der Waals surface area contributed by atoms with Gasteiger partial charge < -0.3 is 9.84 Å². The zero-order chi connectivity index (χ0) is 24.2. The molecule has 1 N–H and O–H groups in total. The van der Waals surface area contributed by atoms with Gasteiger partial charge in [0, 0.05) is 6.07 Å². The van der Waals surface area contributed by atoms with Crippen LogP contribution in [0.5, 0.6) is 5.88 Å². The molecule has 33 heavy (non-hydrogen) atoms. The zero-order valence-electron chi connectivity index (χ0n) is 19.5. The molecule has 6 nitrogen and oxygen atoms in total. The minimum Gasteiger partial charge on any atom is -0.493 e. The summed E-state index contributed by atoms with van der Waals surface area (Å²) < 4.78 is 6.29. The smallest absolute Gasteiger partial charge is 0.338 e. The summed E-state index contributed by atoms with van der Waals surface area (Å²) in [7, 11) is 0. The van der Waals surface area contributed by atoms with Gasteiger partial charge in [-0.05, 0) is 37.1 Å². The summed E-state index contributed by atoms with van der Waals surface area (Å²) in [6, 6.07) is 7.48. The van der Waals surface area contributed by atoms with Crippen LogP contribution >= 0.6 is 11.6 Å². The van der Waals surface area contributed by atoms with Gasteiger partial charge in [-0.15, -0.1) is 0 Å². The molecule has 0 aliphatic rings. The SMILES string of the molecule is CCCCCCCCCCCCOC(=O)c1ccc(Cl)c(-n2c(O)c(C#N)c(C)cc2=O)c1. The van der Waals surface area contributed by atoms with Crippen molar-refractivity contribution in [3.8, 4) is 17.6 Å². The van der Waals surface area contributed by atoms with E-state index in [2.05, 4.69) is 6.92 Å². The highest BCUT2D eigenvalue weighted by atomic mass is 35.5. The fourth-order valence-electron chi connectivity index (χ4n) is 3.73. The number of benzene rings is 1. The molecule has 1 heterocycles. The molecular formula is C26H33ClN2O4. The van der Waals surface area contributed by atoms with Crippen molar-refractivity contribution in [1.29, 1.82) is 5.26 Å². The Morgan fingerprint density at radius 2 is 1.67 bits per heavy atom. The number of carbonyl (C=O) groups is 1. The maximum Gasteiger partial charge on any atom is 0.338 e. The molecule has 2 aromatic rings. The van der Waals surface area contributed by atoms with Gasteiger partial charge in [-0.3, -0.25) is 4.79 Å². The summed E-state index contributed by atoms with van der Waals surface area (Å²) in [6.07, 6.45) is 11.9. The molecule has 0 saturated heterocycles. The largest absolute Gasteiger partial charge is 0.493 e. The van der Waals surface area contributed by atoms with Crippen molar-refractivity contribution in [2.24, 2.45) is 0 Å². The van der Waals surface area contributed by atoms with Crippen LogP contribution in [-0.2, 0) is 4.74 Å². The van der Waals surface area contributed by atoms with Crippen molar-refractivity contribution in [2.45, 2.75) is 78.1 Å². The lowest BCUT2D eigenvalue weighted by Gasteiger charge is -2.13. The number of halogens is 1. The fraction of sp³-hybridized carbons (Fsp3) is 0.500. The topological polar surface area (TPSA) is 92.3 Å². The molecule has 0 saturated carbocycles. The number of rotatable bonds is 13. The summed E-state index contributed by atoms with van der Waals surface area (Å²) in [6.45, 7) is 4.11. The van der Waals surface area contributed by atoms with Crippen molar-refractivity contribution < 1.29 is 14.6 Å². The number of esters is 1. The highest BCUT2D eigenvalue weighted by Crippen LogP contribution is 2.27. The molecule has 0 spiro atoms. The standard InChI is InChI=1S/C26H33ClN2O4/c1-3-4-5-6-7-8-9-10-11-12-15-33-26(32)20-13-14-22(27)23(17-20)29-24(30)16-19(2)21(18-28)25(29)31/h13-14,16-17,31H,3-12,15H2,1-2H3. The molecular weight excluding hydrogens is 440 g/mol. The molecule has 1 aromatic heterocycles. The van der Waals surface area contributed by atoms with Crippen LogP contribution in [0, 0.1) is 18.3 Å². The van der Waals surface area contributed by atoms with E-state index in [0.29, 0.717) is 12.2 Å². The van der Waals surface area contributed by atoms with Gasteiger partial charge >= 0.3 is 5.97 Å². The van der Waals surface area contributed by atoms with E-state index in [0.717, 1.165) is 23.8 Å². The first-order valence-corrected chi connectivity index (χ1v) is 12.1. The number of nitriles is 1. The average Bonchev–Trinajstić information content (AvgIpc) is 2.78. The minimum absolute atomic E-state index is 0.0281. The Bertz CT molecular complexity index is 1040. The van der Waals surface area contributed by atoms with E-state index in [1.807, 2.05) is 6.07 Å². The third kappa shape index (κ3) is 7.64. The molecule has 0 aliphatic carbocycles. The highest BCUT2D eigenvalue weighted by molar-refractivity contribution is 6.32. The van der Waals surface area contributed by atoms with Crippen molar-refractivity contribution in [2.75, 3.05) is 6.61 Å². The van der Waals surface area contributed by atoms with Gasteiger partial charge in [-0.25, -0.2) is 9.36 Å². The van der Waals surface area contributed by atoms with E-state index in [-0.39, 0.29) is 21.8 Å². The number of aryl methyl sites for hydroxylation is 1. The first kappa shape index (κ1) is 26.5. The van der Waals surface area contributed by atoms with Crippen LogP contribution in [0.4, 0.5) is 0 Å². The van der Waals surface area contributed by atoms with Gasteiger partial charge in [-0.2, -0.15) is 5.26 Å². The van der Waals surface area contributed by atoms with Crippen molar-refractivity contribution in [3.63, 3.8) is 0 Å². The van der Waals surface area contributed by atoms with Crippen molar-refractivity contribution in [3.05, 3.63) is 56.3 Å². The lowest BCUT2D eigenvalue weighted by Crippen LogP contribution is -2.20. The fourth-order valence-corrected chi connectivity index (χ4v) is 3.94. The van der Waals surface area contributed by atoms with Crippen LogP contribution in [0.25, 0.3) is 5.69 Å². The zero-order valence-corrected chi connectivity index (χ0v) is 20.3. The first-order chi connectivity index (χ1) is 15.9. The van der Waals surface area contributed by atoms with E-state index < -0.39 is 17.4 Å². The Morgan fingerprint density at radius 1 is 1.06 bits per heavy atom. The van der Waals surface area contributed by atoms with E-state index in [1.54, 1.807) is 6.92 Å². The maximum atomic E-state index is 12.5. The Hall–Kier alpha value is -2.78. The Labute approximate surface area is 200 Å². The van der Waals surface area contributed by atoms with Crippen LogP contribution in [0.1, 0.15) is 92.6 Å². The third-order valence-electron chi connectivity index (χ3n) is 5.66. The molecule has 178 valence electrons. The maximum absolute atomic E-state index is 12.5. The molecule has 0 bridgehead atoms. The van der Waals surface area contributed by atoms with Gasteiger partial charge in [0.05, 0.1) is 22.9 Å². The quantitative estimate of drug-likeness (QED) is 0.267. The summed E-state index contributed by atoms with van der Waals surface area (Å²) in [4.78, 5) is 24.9. The van der Waals surface area contributed by atoms with Crippen LogP contribution < -0.4 is 5.56 Å². The Kier molecular flexibility index (Phi) is 11.0. The number of hydrogen-bond donors (Lipinski definition) is 1. The molecule has 2 rings (SSSR count). The van der Waals surface area contributed by atoms with Crippen LogP contribution in [0.15, 0.2) is 29.1 Å². The lowest BCUT2D eigenvalue weighted by molar-refractivity contribution is 0.0497. The molecule has 0 radical (unpaired) electrons. The summed E-state index contributed by atoms with van der Waals surface area (Å²) in [5, 5.41) is 19.9. The Morgan fingerprint density at radius 3 is 2.27 bits per heavy atom. The minimum atomic E-state index is -0.554. The van der Waals surface area contributed by atoms with Gasteiger partial charge in [0.1, 0.15) is 11.6 Å². The van der Waals surface area contributed by atoms with Gasteiger partial charge in [0.2, 0.25) is 5.88 Å². The summed E-state index contributed by atoms with van der Waals surface area (Å²) in [5.74, 6) is -1.04. The Balaban J connectivity index is 1.91. The second kappa shape index (κ2) is 13.7. The molecule has 1 aromatic carbocycles. The molecule has 0 unspecified atom stereocenters. The number of unbranched alkanes of at least 4 members (excludes halogenated alkanes) is 9. The number of hydrogen-bond acceptors (Lipinski definition) is 5. The summed E-state index contributed by atoms with van der Waals surface area (Å²) >= 11 is 6.23. The van der Waals surface area contributed by atoms with Crippen molar-refractivity contribution >= 4 is 17.6 Å². The average molecular weight is 473 g/mol. The van der Waals surface area contributed by atoms with Gasteiger partial charge in [-0.1, -0.05) is 76.3 Å². The highest BCUT2D eigenvalue weighted by Gasteiger charge is 2.18. The molecule has 0 aliphatic heterocycles. The summed E-state index contributed by atoms with van der Waals surface area (Å²) in [5.41, 5.74) is 0.108. The van der Waals surface area contributed by atoms with Gasteiger partial charge in [0.15, 0.2) is 0 Å². The number of aromatic nitrogens is 1. The van der Waals surface area contributed by atoms with E-state index in [4.69, 9.17) is 16.3 Å². The number of ether oxygens (including phenoxy) is 1. The lowest BCUT2D eigenvalue weighted by atomic mass is 10.1. The first-order valence-electron chi connectivity index (χ1n) is 11.7. The normalized spacial score (nSPS) is 10.7. The predicted molar refractivity (Wildman–Crippen MR) is 130 cm³/mol. The molecule has 0 amide bonds. The number of aromatic hydroxyl groups is 1. The van der Waals surface area contributed by atoms with Crippen LogP contribution in [0.3, 0.4) is 0 Å². The van der Waals surface area contributed by atoms with Crippen LogP contribution in [0.2, 0.25) is 5.02 Å². The van der Waals surface area contributed by atoms with Crippen LogP contribution in [-0.4, -0.2) is 22.2 Å². The van der Waals surface area contributed by atoms with Crippen molar-refractivity contribution in [1.82, 2.24) is 4.57 Å².